The van der Waals surface area contributed by atoms with Gasteiger partial charge in [-0.1, -0.05) is 17.7 Å². The third kappa shape index (κ3) is 4.38. The molecular weight excluding hydrogens is 398 g/mol. The zero-order chi connectivity index (χ0) is 22.3. The molecule has 168 valence electrons. The van der Waals surface area contributed by atoms with E-state index in [2.05, 4.69) is 28.9 Å². The van der Waals surface area contributed by atoms with Gasteiger partial charge in [0.25, 0.3) is 5.91 Å². The van der Waals surface area contributed by atoms with Crippen LogP contribution in [0.3, 0.4) is 0 Å². The van der Waals surface area contributed by atoms with Gasteiger partial charge in [0.1, 0.15) is 0 Å². The van der Waals surface area contributed by atoms with E-state index in [0.717, 1.165) is 48.3 Å². The van der Waals surface area contributed by atoms with Gasteiger partial charge in [0.2, 0.25) is 5.91 Å². The number of anilines is 2. The molecule has 4 aliphatic rings. The van der Waals surface area contributed by atoms with E-state index >= 15 is 0 Å². The number of carbonyl (C=O) groups excluding carboxylic acids is 2. The predicted molar refractivity (Wildman–Crippen MR) is 128 cm³/mol. The summed E-state index contributed by atoms with van der Waals surface area (Å²) in [5.41, 5.74) is 4.65. The molecular formula is C27H33N3O2. The van der Waals surface area contributed by atoms with Crippen LogP contribution in [0.4, 0.5) is 11.4 Å². The molecule has 0 saturated heterocycles. The standard InChI is InChI=1S/C27H33N3O2/c1-17-3-8-24(18(2)9-17)28-16-25(31)29-23-6-4-22(5-7-23)26(32)30-27-13-19-10-20(14-27)12-21(11-19)15-27/h3-9,19-21,28H,10-16H2,1-2H3,(H,29,31)(H,30,32). The van der Waals surface area contributed by atoms with E-state index in [0.29, 0.717) is 11.3 Å². The molecule has 0 unspecified atom stereocenters. The van der Waals surface area contributed by atoms with E-state index < -0.39 is 0 Å². The predicted octanol–water partition coefficient (Wildman–Crippen LogP) is 5.05. The lowest BCUT2D eigenvalue weighted by Crippen LogP contribution is -2.59. The normalized spacial score (nSPS) is 27.8. The average Bonchev–Trinajstić information content (AvgIpc) is 2.72. The fourth-order valence-corrected chi connectivity index (χ4v) is 6.67. The number of nitrogens with one attached hydrogen (secondary N) is 3. The Bertz CT molecular complexity index is 992. The number of aryl methyl sites for hydroxylation is 2. The summed E-state index contributed by atoms with van der Waals surface area (Å²) in [6, 6.07) is 13.3. The van der Waals surface area contributed by atoms with Crippen LogP contribution in [0, 0.1) is 31.6 Å². The van der Waals surface area contributed by atoms with Crippen molar-refractivity contribution in [2.75, 3.05) is 17.2 Å². The smallest absolute Gasteiger partial charge is 0.251 e. The molecule has 0 radical (unpaired) electrons. The first-order valence-corrected chi connectivity index (χ1v) is 11.9. The Labute approximate surface area is 190 Å². The van der Waals surface area contributed by atoms with E-state index in [1.165, 1.54) is 24.8 Å². The molecule has 0 aromatic heterocycles. The molecule has 0 heterocycles. The zero-order valence-electron chi connectivity index (χ0n) is 19.0. The van der Waals surface area contributed by atoms with Gasteiger partial charge in [-0.25, -0.2) is 0 Å². The molecule has 4 fully saturated rings. The largest absolute Gasteiger partial charge is 0.376 e. The summed E-state index contributed by atoms with van der Waals surface area (Å²) in [5, 5.41) is 9.50. The number of hydrogen-bond acceptors (Lipinski definition) is 3. The Morgan fingerprint density at radius 2 is 1.53 bits per heavy atom. The van der Waals surface area contributed by atoms with Crippen LogP contribution in [-0.4, -0.2) is 23.9 Å². The molecule has 2 aromatic carbocycles. The topological polar surface area (TPSA) is 70.2 Å². The molecule has 5 heteroatoms. The Morgan fingerprint density at radius 3 is 2.12 bits per heavy atom. The van der Waals surface area contributed by atoms with E-state index in [1.54, 1.807) is 0 Å². The summed E-state index contributed by atoms with van der Waals surface area (Å²) in [7, 11) is 0. The highest BCUT2D eigenvalue weighted by molar-refractivity contribution is 5.97. The fraction of sp³-hybridized carbons (Fsp3) is 0.481. The second-order valence-corrected chi connectivity index (χ2v) is 10.4. The molecule has 0 aliphatic heterocycles. The van der Waals surface area contributed by atoms with Crippen LogP contribution in [0.1, 0.15) is 60.0 Å². The van der Waals surface area contributed by atoms with Crippen LogP contribution >= 0.6 is 0 Å². The summed E-state index contributed by atoms with van der Waals surface area (Å²) in [4.78, 5) is 25.3. The molecule has 32 heavy (non-hydrogen) atoms. The van der Waals surface area contributed by atoms with Crippen molar-refractivity contribution in [1.29, 1.82) is 0 Å². The summed E-state index contributed by atoms with van der Waals surface area (Å²) in [5.74, 6) is 2.31. The van der Waals surface area contributed by atoms with Gasteiger partial charge in [-0.15, -0.1) is 0 Å². The molecule has 6 rings (SSSR count). The number of amides is 2. The van der Waals surface area contributed by atoms with Crippen molar-refractivity contribution in [1.82, 2.24) is 5.32 Å². The molecule has 4 aliphatic carbocycles. The molecule has 5 nitrogen and oxygen atoms in total. The van der Waals surface area contributed by atoms with E-state index in [9.17, 15) is 9.59 Å². The molecule has 4 bridgehead atoms. The van der Waals surface area contributed by atoms with Crippen LogP contribution in [0.15, 0.2) is 42.5 Å². The molecule has 0 spiro atoms. The maximum absolute atomic E-state index is 13.0. The Morgan fingerprint density at radius 1 is 0.906 bits per heavy atom. The van der Waals surface area contributed by atoms with E-state index in [1.807, 2.05) is 43.3 Å². The molecule has 3 N–H and O–H groups in total. The van der Waals surface area contributed by atoms with Gasteiger partial charge in [0.05, 0.1) is 6.54 Å². The highest BCUT2D eigenvalue weighted by atomic mass is 16.2. The van der Waals surface area contributed by atoms with Gasteiger partial charge < -0.3 is 16.0 Å². The maximum atomic E-state index is 13.0. The number of hydrogen-bond donors (Lipinski definition) is 3. The minimum absolute atomic E-state index is 0.0124. The number of rotatable bonds is 6. The van der Waals surface area contributed by atoms with Gasteiger partial charge in [0.15, 0.2) is 0 Å². The molecule has 0 atom stereocenters. The van der Waals surface area contributed by atoms with Crippen molar-refractivity contribution in [3.63, 3.8) is 0 Å². The molecule has 2 amide bonds. The summed E-state index contributed by atoms with van der Waals surface area (Å²) in [6.07, 6.45) is 7.52. The van der Waals surface area contributed by atoms with Crippen LogP contribution < -0.4 is 16.0 Å². The van der Waals surface area contributed by atoms with Crippen LogP contribution in [0.2, 0.25) is 0 Å². The second kappa shape index (κ2) is 8.27. The van der Waals surface area contributed by atoms with Gasteiger partial charge >= 0.3 is 0 Å². The van der Waals surface area contributed by atoms with Crippen LogP contribution in [-0.2, 0) is 4.79 Å². The van der Waals surface area contributed by atoms with Gasteiger partial charge in [-0.3, -0.25) is 9.59 Å². The first kappa shape index (κ1) is 21.0. The molecule has 2 aromatic rings. The van der Waals surface area contributed by atoms with Gasteiger partial charge in [0, 0.05) is 22.5 Å². The van der Waals surface area contributed by atoms with Gasteiger partial charge in [-0.05, 0) is 106 Å². The van der Waals surface area contributed by atoms with Crippen LogP contribution in [0.25, 0.3) is 0 Å². The maximum Gasteiger partial charge on any atom is 0.251 e. The highest BCUT2D eigenvalue weighted by Crippen LogP contribution is 2.55. The van der Waals surface area contributed by atoms with Crippen molar-refractivity contribution in [3.05, 3.63) is 59.2 Å². The van der Waals surface area contributed by atoms with Crippen molar-refractivity contribution in [3.8, 4) is 0 Å². The van der Waals surface area contributed by atoms with Crippen molar-refractivity contribution < 1.29 is 9.59 Å². The summed E-state index contributed by atoms with van der Waals surface area (Å²) < 4.78 is 0. The third-order valence-corrected chi connectivity index (χ3v) is 7.67. The van der Waals surface area contributed by atoms with E-state index in [4.69, 9.17) is 0 Å². The van der Waals surface area contributed by atoms with Crippen molar-refractivity contribution >= 4 is 23.2 Å². The lowest BCUT2D eigenvalue weighted by atomic mass is 9.53. The molecule has 4 saturated carbocycles. The lowest BCUT2D eigenvalue weighted by molar-refractivity contribution is -0.114. The van der Waals surface area contributed by atoms with Crippen molar-refractivity contribution in [2.24, 2.45) is 17.8 Å². The first-order valence-electron chi connectivity index (χ1n) is 11.9. The Kier molecular flexibility index (Phi) is 5.44. The second-order valence-electron chi connectivity index (χ2n) is 10.4. The SMILES string of the molecule is Cc1ccc(NCC(=O)Nc2ccc(C(=O)NC34CC5CC(CC(C5)C3)C4)cc2)c(C)c1. The monoisotopic (exact) mass is 431 g/mol. The Hall–Kier alpha value is -2.82. The Balaban J connectivity index is 1.15. The first-order chi connectivity index (χ1) is 15.4. The number of benzene rings is 2. The average molecular weight is 432 g/mol. The summed E-state index contributed by atoms with van der Waals surface area (Å²) in [6.45, 7) is 4.27. The minimum Gasteiger partial charge on any atom is -0.376 e. The zero-order valence-corrected chi connectivity index (χ0v) is 19.0. The van der Waals surface area contributed by atoms with Crippen LogP contribution in [0.5, 0.6) is 0 Å². The van der Waals surface area contributed by atoms with E-state index in [-0.39, 0.29) is 23.9 Å². The summed E-state index contributed by atoms with van der Waals surface area (Å²) >= 11 is 0. The lowest BCUT2D eigenvalue weighted by Gasteiger charge is -2.56. The quantitative estimate of drug-likeness (QED) is 0.599. The highest BCUT2D eigenvalue weighted by Gasteiger charge is 2.51. The van der Waals surface area contributed by atoms with Gasteiger partial charge in [-0.2, -0.15) is 0 Å². The minimum atomic E-state index is -0.115. The number of carbonyl (C=O) groups is 2. The fourth-order valence-electron chi connectivity index (χ4n) is 6.67. The van der Waals surface area contributed by atoms with Crippen molar-refractivity contribution in [2.45, 2.75) is 57.9 Å². The third-order valence-electron chi connectivity index (χ3n) is 7.67.